The van der Waals surface area contributed by atoms with E-state index < -0.39 is 0 Å². The summed E-state index contributed by atoms with van der Waals surface area (Å²) in [6, 6.07) is 13.8. The molecule has 184 valence electrons. The quantitative estimate of drug-likeness (QED) is 0.509. The van der Waals surface area contributed by atoms with E-state index in [0.29, 0.717) is 30.3 Å². The predicted molar refractivity (Wildman–Crippen MR) is 140 cm³/mol. The summed E-state index contributed by atoms with van der Waals surface area (Å²) < 4.78 is 1.85. The van der Waals surface area contributed by atoms with Crippen LogP contribution >= 0.6 is 11.6 Å². The van der Waals surface area contributed by atoms with Crippen LogP contribution in [0.5, 0.6) is 0 Å². The minimum atomic E-state index is -0.147. The van der Waals surface area contributed by atoms with E-state index in [4.69, 9.17) is 16.7 Å². The van der Waals surface area contributed by atoms with Crippen molar-refractivity contribution in [2.24, 2.45) is 5.92 Å². The number of carbonyl (C=O) groups is 2. The molecule has 3 aromatic rings. The molecule has 2 heterocycles. The molecule has 7 nitrogen and oxygen atoms in total. The highest BCUT2D eigenvalue weighted by Crippen LogP contribution is 2.35. The third-order valence-electron chi connectivity index (χ3n) is 6.53. The minimum absolute atomic E-state index is 0.0476. The van der Waals surface area contributed by atoms with Crippen LogP contribution in [0.15, 0.2) is 42.5 Å². The molecule has 1 aliphatic heterocycles. The Morgan fingerprint density at radius 1 is 1.06 bits per heavy atom. The van der Waals surface area contributed by atoms with Crippen molar-refractivity contribution in [1.82, 2.24) is 15.1 Å². The van der Waals surface area contributed by atoms with Crippen molar-refractivity contribution in [3.63, 3.8) is 0 Å². The SMILES string of the molecule is CC(=O)Nc1c(C)nn(-c2ccc(Cl)cc2)c1N1CCC(C(=O)NCc2cc(C)ccc2C)CC1. The lowest BCUT2D eigenvalue weighted by Gasteiger charge is -2.33. The van der Waals surface area contributed by atoms with Crippen LogP contribution in [0.2, 0.25) is 5.02 Å². The monoisotopic (exact) mass is 493 g/mol. The molecule has 1 aromatic heterocycles. The number of nitrogens with one attached hydrogen (secondary N) is 2. The van der Waals surface area contributed by atoms with Gasteiger partial charge in [-0.2, -0.15) is 5.10 Å². The number of hydrogen-bond donors (Lipinski definition) is 2. The van der Waals surface area contributed by atoms with Gasteiger partial charge in [0.2, 0.25) is 11.8 Å². The number of hydrogen-bond acceptors (Lipinski definition) is 4. The molecule has 2 amide bonds. The summed E-state index contributed by atoms with van der Waals surface area (Å²) in [5, 5.41) is 11.4. The van der Waals surface area contributed by atoms with Gasteiger partial charge in [0, 0.05) is 37.5 Å². The maximum absolute atomic E-state index is 12.9. The number of nitrogens with zero attached hydrogens (tertiary/aromatic N) is 3. The highest BCUT2D eigenvalue weighted by molar-refractivity contribution is 6.30. The molecule has 2 aromatic carbocycles. The van der Waals surface area contributed by atoms with E-state index in [9.17, 15) is 9.59 Å². The number of amides is 2. The first-order valence-corrected chi connectivity index (χ1v) is 12.3. The standard InChI is InChI=1S/C27H32ClN5O2/c1-17-5-6-18(2)22(15-17)16-29-26(35)21-11-13-32(14-12-21)27-25(30-20(4)34)19(3)31-33(27)24-9-7-23(28)8-10-24/h5-10,15,21H,11-14,16H2,1-4H3,(H,29,35)(H,30,34). The van der Waals surface area contributed by atoms with E-state index in [1.807, 2.05) is 35.9 Å². The molecule has 0 unspecified atom stereocenters. The third kappa shape index (κ3) is 5.68. The number of aromatic nitrogens is 2. The lowest BCUT2D eigenvalue weighted by molar-refractivity contribution is -0.125. The van der Waals surface area contributed by atoms with Gasteiger partial charge in [-0.05, 0) is 69.0 Å². The van der Waals surface area contributed by atoms with Crippen molar-refractivity contribution < 1.29 is 9.59 Å². The molecule has 0 atom stereocenters. The molecule has 0 spiro atoms. The first kappa shape index (κ1) is 24.8. The average molecular weight is 494 g/mol. The number of anilines is 2. The van der Waals surface area contributed by atoms with E-state index in [0.717, 1.165) is 35.6 Å². The molecular formula is C27H32ClN5O2. The fraction of sp³-hybridized carbons (Fsp3) is 0.370. The van der Waals surface area contributed by atoms with Gasteiger partial charge in [-0.1, -0.05) is 35.4 Å². The molecular weight excluding hydrogens is 462 g/mol. The van der Waals surface area contributed by atoms with Crippen LogP contribution in [0.3, 0.4) is 0 Å². The topological polar surface area (TPSA) is 79.3 Å². The lowest BCUT2D eigenvalue weighted by Crippen LogP contribution is -2.41. The molecule has 1 saturated heterocycles. The Morgan fingerprint density at radius 2 is 1.74 bits per heavy atom. The number of rotatable bonds is 6. The van der Waals surface area contributed by atoms with Crippen LogP contribution in [0.1, 0.15) is 42.1 Å². The van der Waals surface area contributed by atoms with E-state index in [1.54, 1.807) is 0 Å². The molecule has 4 rings (SSSR count). The molecule has 0 bridgehead atoms. The molecule has 1 fully saturated rings. The van der Waals surface area contributed by atoms with Crippen molar-refractivity contribution in [3.8, 4) is 5.69 Å². The summed E-state index contributed by atoms with van der Waals surface area (Å²) in [7, 11) is 0. The maximum Gasteiger partial charge on any atom is 0.223 e. The smallest absolute Gasteiger partial charge is 0.223 e. The Morgan fingerprint density at radius 3 is 2.40 bits per heavy atom. The van der Waals surface area contributed by atoms with Crippen molar-refractivity contribution in [2.75, 3.05) is 23.3 Å². The second kappa shape index (κ2) is 10.5. The molecule has 0 saturated carbocycles. The first-order valence-electron chi connectivity index (χ1n) is 11.9. The zero-order valence-electron chi connectivity index (χ0n) is 20.7. The zero-order valence-corrected chi connectivity index (χ0v) is 21.4. The summed E-state index contributed by atoms with van der Waals surface area (Å²) in [5.74, 6) is 0.726. The van der Waals surface area contributed by atoms with Crippen LogP contribution in [-0.4, -0.2) is 34.7 Å². The van der Waals surface area contributed by atoms with Gasteiger partial charge in [-0.3, -0.25) is 9.59 Å². The van der Waals surface area contributed by atoms with Gasteiger partial charge in [-0.15, -0.1) is 0 Å². The number of aryl methyl sites for hydroxylation is 3. The van der Waals surface area contributed by atoms with Crippen LogP contribution in [-0.2, 0) is 16.1 Å². The van der Waals surface area contributed by atoms with Crippen molar-refractivity contribution in [2.45, 2.75) is 47.1 Å². The third-order valence-corrected chi connectivity index (χ3v) is 6.78. The highest BCUT2D eigenvalue weighted by atomic mass is 35.5. The van der Waals surface area contributed by atoms with E-state index in [2.05, 4.69) is 47.6 Å². The van der Waals surface area contributed by atoms with E-state index in [1.165, 1.54) is 18.1 Å². The van der Waals surface area contributed by atoms with Crippen LogP contribution < -0.4 is 15.5 Å². The van der Waals surface area contributed by atoms with Gasteiger partial charge in [0.1, 0.15) is 5.69 Å². The number of carbonyl (C=O) groups excluding carboxylic acids is 2. The van der Waals surface area contributed by atoms with E-state index in [-0.39, 0.29) is 17.7 Å². The summed E-state index contributed by atoms with van der Waals surface area (Å²) in [5.41, 5.74) is 5.82. The zero-order chi connectivity index (χ0) is 25.1. The van der Waals surface area contributed by atoms with Crippen LogP contribution in [0, 0.1) is 26.7 Å². The molecule has 2 N–H and O–H groups in total. The van der Waals surface area contributed by atoms with Crippen molar-refractivity contribution in [1.29, 1.82) is 0 Å². The second-order valence-corrected chi connectivity index (χ2v) is 9.70. The Hall–Kier alpha value is -3.32. The molecule has 0 aliphatic carbocycles. The van der Waals surface area contributed by atoms with Gasteiger partial charge >= 0.3 is 0 Å². The molecule has 0 radical (unpaired) electrons. The Balaban J connectivity index is 1.49. The highest BCUT2D eigenvalue weighted by Gasteiger charge is 2.29. The first-order chi connectivity index (χ1) is 16.7. The summed E-state index contributed by atoms with van der Waals surface area (Å²) >= 11 is 6.08. The number of benzene rings is 2. The predicted octanol–water partition coefficient (Wildman–Crippen LogP) is 4.94. The van der Waals surface area contributed by atoms with Gasteiger partial charge in [0.25, 0.3) is 0 Å². The van der Waals surface area contributed by atoms with Gasteiger partial charge in [-0.25, -0.2) is 4.68 Å². The van der Waals surface area contributed by atoms with Gasteiger partial charge in [0.15, 0.2) is 5.82 Å². The average Bonchev–Trinajstić information content (AvgIpc) is 3.15. The largest absolute Gasteiger partial charge is 0.355 e. The normalized spacial score (nSPS) is 14.1. The molecule has 8 heteroatoms. The van der Waals surface area contributed by atoms with Crippen molar-refractivity contribution in [3.05, 3.63) is 69.9 Å². The lowest BCUT2D eigenvalue weighted by atomic mass is 9.95. The van der Waals surface area contributed by atoms with Crippen LogP contribution in [0.4, 0.5) is 11.5 Å². The molecule has 35 heavy (non-hydrogen) atoms. The van der Waals surface area contributed by atoms with Gasteiger partial charge in [0.05, 0.1) is 11.4 Å². The fourth-order valence-corrected chi connectivity index (χ4v) is 4.69. The number of piperidine rings is 1. The Kier molecular flexibility index (Phi) is 7.45. The minimum Gasteiger partial charge on any atom is -0.355 e. The van der Waals surface area contributed by atoms with E-state index >= 15 is 0 Å². The van der Waals surface area contributed by atoms with Crippen LogP contribution in [0.25, 0.3) is 5.69 Å². The summed E-state index contributed by atoms with van der Waals surface area (Å²) in [6.45, 7) is 9.43. The number of halogens is 1. The summed E-state index contributed by atoms with van der Waals surface area (Å²) in [6.07, 6.45) is 1.45. The maximum atomic E-state index is 12.9. The Bertz CT molecular complexity index is 1230. The summed E-state index contributed by atoms with van der Waals surface area (Å²) in [4.78, 5) is 27.1. The van der Waals surface area contributed by atoms with Gasteiger partial charge < -0.3 is 15.5 Å². The fourth-order valence-electron chi connectivity index (χ4n) is 4.56. The Labute approximate surface area is 211 Å². The molecule has 1 aliphatic rings. The van der Waals surface area contributed by atoms with Crippen molar-refractivity contribution >= 4 is 34.9 Å². The second-order valence-electron chi connectivity index (χ2n) is 9.26.